The molecule has 1 atom stereocenters. The van der Waals surface area contributed by atoms with Crippen molar-refractivity contribution in [1.82, 2.24) is 0 Å². The fraction of sp³-hybridized carbons (Fsp3) is 0.818. The van der Waals surface area contributed by atoms with E-state index in [9.17, 15) is 0 Å². The molecule has 0 aromatic heterocycles. The van der Waals surface area contributed by atoms with Crippen LogP contribution < -0.4 is 0 Å². The minimum absolute atomic E-state index is 0.243. The summed E-state index contributed by atoms with van der Waals surface area (Å²) in [6.07, 6.45) is 6.96. The summed E-state index contributed by atoms with van der Waals surface area (Å²) in [6.45, 7) is 2.11. The van der Waals surface area contributed by atoms with Crippen LogP contribution in [-0.4, -0.2) is 0 Å². The zero-order chi connectivity index (χ0) is 9.94. The van der Waals surface area contributed by atoms with E-state index < -0.39 is 0 Å². The highest BCUT2D eigenvalue weighted by Gasteiger charge is 2.04. The molecule has 2 heteroatoms. The molecular weight excluding hydrogens is 160 g/mol. The van der Waals surface area contributed by atoms with Gasteiger partial charge in [-0.25, -0.2) is 0 Å². The van der Waals surface area contributed by atoms with E-state index >= 15 is 0 Å². The van der Waals surface area contributed by atoms with E-state index in [1.807, 2.05) is 0 Å². The second-order valence-electron chi connectivity index (χ2n) is 3.37. The summed E-state index contributed by atoms with van der Waals surface area (Å²) in [5.74, 6) is 0.243. The van der Waals surface area contributed by atoms with Crippen molar-refractivity contribution in [2.45, 2.75) is 51.9 Å². The fourth-order valence-corrected chi connectivity index (χ4v) is 1.39. The van der Waals surface area contributed by atoms with Crippen LogP contribution in [0.1, 0.15) is 51.9 Å². The molecule has 0 saturated carbocycles. The Bertz CT molecular complexity index is 185. The lowest BCUT2D eigenvalue weighted by molar-refractivity contribution is 0.508. The van der Waals surface area contributed by atoms with Gasteiger partial charge in [-0.2, -0.15) is 10.5 Å². The molecule has 0 aliphatic rings. The molecular formula is C11H18N2. The molecule has 0 spiro atoms. The first-order valence-corrected chi connectivity index (χ1v) is 5.11. The summed E-state index contributed by atoms with van der Waals surface area (Å²) < 4.78 is 0. The number of hydrogen-bond donors (Lipinski definition) is 0. The minimum atomic E-state index is 0.243. The van der Waals surface area contributed by atoms with E-state index in [0.29, 0.717) is 6.42 Å². The Balaban J connectivity index is 3.30. The lowest BCUT2D eigenvalue weighted by Crippen LogP contribution is -1.96. The maximum absolute atomic E-state index is 8.76. The van der Waals surface area contributed by atoms with Crippen LogP contribution in [0.3, 0.4) is 0 Å². The average Bonchev–Trinajstić information content (AvgIpc) is 2.16. The second-order valence-corrected chi connectivity index (χ2v) is 3.37. The van der Waals surface area contributed by atoms with Gasteiger partial charge in [0, 0.05) is 12.3 Å². The van der Waals surface area contributed by atoms with E-state index in [4.69, 9.17) is 10.5 Å². The molecule has 0 radical (unpaired) electrons. The first kappa shape index (κ1) is 12.0. The van der Waals surface area contributed by atoms with Crippen molar-refractivity contribution >= 4 is 0 Å². The van der Waals surface area contributed by atoms with Crippen LogP contribution in [-0.2, 0) is 0 Å². The van der Waals surface area contributed by atoms with Crippen molar-refractivity contribution in [3.05, 3.63) is 0 Å². The number of hydrogen-bond acceptors (Lipinski definition) is 2. The topological polar surface area (TPSA) is 47.6 Å². The van der Waals surface area contributed by atoms with Gasteiger partial charge in [-0.3, -0.25) is 0 Å². The first-order chi connectivity index (χ1) is 6.35. The predicted molar refractivity (Wildman–Crippen MR) is 52.7 cm³/mol. The maximum Gasteiger partial charge on any atom is 0.0655 e. The van der Waals surface area contributed by atoms with Crippen molar-refractivity contribution in [3.63, 3.8) is 0 Å². The summed E-state index contributed by atoms with van der Waals surface area (Å²) in [4.78, 5) is 0. The lowest BCUT2D eigenvalue weighted by atomic mass is 9.98. The molecule has 0 rings (SSSR count). The number of rotatable bonds is 7. The molecule has 0 aliphatic heterocycles. The van der Waals surface area contributed by atoms with E-state index in [-0.39, 0.29) is 5.92 Å². The third-order valence-electron chi connectivity index (χ3n) is 2.16. The number of nitrogens with zero attached hydrogens (tertiary/aromatic N) is 2. The summed E-state index contributed by atoms with van der Waals surface area (Å²) in [5, 5.41) is 17.1. The Kier molecular flexibility index (Phi) is 8.36. The molecule has 0 aromatic rings. The van der Waals surface area contributed by atoms with Crippen LogP contribution in [0.4, 0.5) is 0 Å². The maximum atomic E-state index is 8.76. The van der Waals surface area contributed by atoms with Crippen LogP contribution in [0.5, 0.6) is 0 Å². The van der Waals surface area contributed by atoms with Crippen LogP contribution >= 0.6 is 0 Å². The molecule has 0 bridgehead atoms. The van der Waals surface area contributed by atoms with Gasteiger partial charge in [-0.1, -0.05) is 26.2 Å². The molecule has 0 fully saturated rings. The van der Waals surface area contributed by atoms with E-state index in [1.165, 1.54) is 0 Å². The predicted octanol–water partition coefficient (Wildman–Crippen LogP) is 3.40. The summed E-state index contributed by atoms with van der Waals surface area (Å²) >= 11 is 0. The largest absolute Gasteiger partial charge is 0.198 e. The molecule has 2 nitrogen and oxygen atoms in total. The highest BCUT2D eigenvalue weighted by molar-refractivity contribution is 4.81. The first-order valence-electron chi connectivity index (χ1n) is 5.11. The molecule has 1 unspecified atom stereocenters. The molecule has 0 aliphatic carbocycles. The molecule has 0 N–H and O–H groups in total. The monoisotopic (exact) mass is 178 g/mol. The highest BCUT2D eigenvalue weighted by Crippen LogP contribution is 2.14. The molecule has 72 valence electrons. The van der Waals surface area contributed by atoms with Crippen LogP contribution in [0.2, 0.25) is 0 Å². The normalized spacial score (nSPS) is 11.6. The molecule has 0 amide bonds. The summed E-state index contributed by atoms with van der Waals surface area (Å²) in [6, 6.07) is 4.46. The number of nitriles is 2. The van der Waals surface area contributed by atoms with Crippen molar-refractivity contribution in [2.24, 2.45) is 5.92 Å². The molecule has 0 heterocycles. The SMILES string of the molecule is CCCC(C#N)CCCCCC#N. The van der Waals surface area contributed by atoms with E-state index in [1.54, 1.807) is 0 Å². The third-order valence-corrected chi connectivity index (χ3v) is 2.16. The van der Waals surface area contributed by atoms with Gasteiger partial charge < -0.3 is 0 Å². The van der Waals surface area contributed by atoms with Crippen molar-refractivity contribution in [1.29, 1.82) is 10.5 Å². The Labute approximate surface area is 81.2 Å². The third kappa shape index (κ3) is 7.34. The standard InChI is InChI=1S/C11H18N2/c1-2-7-11(10-13)8-5-3-4-6-9-12/h11H,2-8H2,1H3. The van der Waals surface area contributed by atoms with Crippen LogP contribution in [0, 0.1) is 28.6 Å². The Morgan fingerprint density at radius 1 is 1.08 bits per heavy atom. The van der Waals surface area contributed by atoms with E-state index in [2.05, 4.69) is 19.1 Å². The zero-order valence-electron chi connectivity index (χ0n) is 8.42. The van der Waals surface area contributed by atoms with Crippen LogP contribution in [0.25, 0.3) is 0 Å². The van der Waals surface area contributed by atoms with Gasteiger partial charge in [0.2, 0.25) is 0 Å². The van der Waals surface area contributed by atoms with Gasteiger partial charge in [0.05, 0.1) is 12.1 Å². The van der Waals surface area contributed by atoms with Crippen molar-refractivity contribution < 1.29 is 0 Å². The van der Waals surface area contributed by atoms with Gasteiger partial charge in [0.1, 0.15) is 0 Å². The van der Waals surface area contributed by atoms with Crippen molar-refractivity contribution in [3.8, 4) is 12.1 Å². The summed E-state index contributed by atoms with van der Waals surface area (Å²) in [5.41, 5.74) is 0. The summed E-state index contributed by atoms with van der Waals surface area (Å²) in [7, 11) is 0. The fourth-order valence-electron chi connectivity index (χ4n) is 1.39. The Morgan fingerprint density at radius 2 is 1.85 bits per heavy atom. The lowest BCUT2D eigenvalue weighted by Gasteiger charge is -2.05. The zero-order valence-corrected chi connectivity index (χ0v) is 8.42. The van der Waals surface area contributed by atoms with Gasteiger partial charge in [0.25, 0.3) is 0 Å². The molecule has 0 aromatic carbocycles. The van der Waals surface area contributed by atoms with E-state index in [0.717, 1.165) is 38.5 Å². The van der Waals surface area contributed by atoms with Crippen molar-refractivity contribution in [2.75, 3.05) is 0 Å². The van der Waals surface area contributed by atoms with Gasteiger partial charge in [-0.15, -0.1) is 0 Å². The van der Waals surface area contributed by atoms with Gasteiger partial charge in [-0.05, 0) is 19.3 Å². The molecule has 13 heavy (non-hydrogen) atoms. The second kappa shape index (κ2) is 9.07. The molecule has 0 saturated heterocycles. The number of unbranched alkanes of at least 4 members (excludes halogenated alkanes) is 3. The Hall–Kier alpha value is -1.02. The quantitative estimate of drug-likeness (QED) is 0.561. The minimum Gasteiger partial charge on any atom is -0.198 e. The van der Waals surface area contributed by atoms with Gasteiger partial charge in [0.15, 0.2) is 0 Å². The Morgan fingerprint density at radius 3 is 2.38 bits per heavy atom. The highest BCUT2D eigenvalue weighted by atomic mass is 14.3. The van der Waals surface area contributed by atoms with Gasteiger partial charge >= 0.3 is 0 Å². The average molecular weight is 178 g/mol. The smallest absolute Gasteiger partial charge is 0.0655 e. The van der Waals surface area contributed by atoms with Crippen LogP contribution in [0.15, 0.2) is 0 Å².